The number of nitrogens with zero attached hydrogens (tertiary/aromatic N) is 1. The largest absolute Gasteiger partial charge is 0.464 e. The number of halogens is 1. The number of hydrogen-bond acceptors (Lipinski definition) is 4. The van der Waals surface area contributed by atoms with Crippen LogP contribution in [0.4, 0.5) is 4.39 Å². The summed E-state index contributed by atoms with van der Waals surface area (Å²) < 4.78 is 45.6. The zero-order valence-electron chi connectivity index (χ0n) is 16.3. The highest BCUT2D eigenvalue weighted by molar-refractivity contribution is 7.89. The number of unbranched alkanes of at least 4 members (excludes halogenated alkanes) is 1. The predicted octanol–water partition coefficient (Wildman–Crippen LogP) is 3.94. The van der Waals surface area contributed by atoms with Gasteiger partial charge in [0.05, 0.1) is 11.5 Å². The number of carbonyl (C=O) groups excluding carboxylic acids is 1. The van der Waals surface area contributed by atoms with Gasteiger partial charge in [0.2, 0.25) is 10.0 Å². The van der Waals surface area contributed by atoms with E-state index in [1.807, 2.05) is 18.2 Å². The fourth-order valence-electron chi connectivity index (χ4n) is 3.52. The highest BCUT2D eigenvalue weighted by atomic mass is 32.2. The summed E-state index contributed by atoms with van der Waals surface area (Å²) in [6, 6.07) is 13.9. The van der Waals surface area contributed by atoms with Gasteiger partial charge in [-0.05, 0) is 68.4 Å². The molecule has 1 aliphatic heterocycles. The number of piperidine rings is 1. The number of esters is 1. The lowest BCUT2D eigenvalue weighted by Crippen LogP contribution is -2.48. The molecule has 156 valence electrons. The molecule has 5 nitrogen and oxygen atoms in total. The maximum absolute atomic E-state index is 13.1. The second-order valence-electron chi connectivity index (χ2n) is 7.19. The van der Waals surface area contributed by atoms with Gasteiger partial charge in [-0.2, -0.15) is 4.31 Å². The van der Waals surface area contributed by atoms with Gasteiger partial charge in [0.1, 0.15) is 11.9 Å². The summed E-state index contributed by atoms with van der Waals surface area (Å²) in [5.41, 5.74) is 1.24. The Labute approximate surface area is 171 Å². The molecule has 0 aromatic heterocycles. The number of aryl methyl sites for hydroxylation is 1. The minimum absolute atomic E-state index is 0.0125. The molecule has 1 unspecified atom stereocenters. The van der Waals surface area contributed by atoms with Crippen LogP contribution in [0.25, 0.3) is 0 Å². The first kappa shape index (κ1) is 21.5. The van der Waals surface area contributed by atoms with E-state index in [2.05, 4.69) is 12.1 Å². The lowest BCUT2D eigenvalue weighted by atomic mass is 10.1. The Kier molecular flexibility index (Phi) is 7.39. The Morgan fingerprint density at radius 2 is 1.76 bits per heavy atom. The summed E-state index contributed by atoms with van der Waals surface area (Å²) in [6.45, 7) is 0.528. The number of ether oxygens (including phenoxy) is 1. The first-order valence-corrected chi connectivity index (χ1v) is 11.4. The van der Waals surface area contributed by atoms with Gasteiger partial charge >= 0.3 is 5.97 Å². The molecule has 1 saturated heterocycles. The van der Waals surface area contributed by atoms with E-state index in [4.69, 9.17) is 4.74 Å². The topological polar surface area (TPSA) is 63.7 Å². The van der Waals surface area contributed by atoms with E-state index in [1.165, 1.54) is 22.0 Å². The molecule has 0 aliphatic carbocycles. The molecule has 0 N–H and O–H groups in total. The van der Waals surface area contributed by atoms with Gasteiger partial charge in [-0.15, -0.1) is 0 Å². The van der Waals surface area contributed by atoms with Crippen molar-refractivity contribution < 1.29 is 22.3 Å². The van der Waals surface area contributed by atoms with Crippen molar-refractivity contribution in [3.63, 3.8) is 0 Å². The van der Waals surface area contributed by atoms with Crippen LogP contribution in [-0.4, -0.2) is 37.9 Å². The summed E-state index contributed by atoms with van der Waals surface area (Å²) in [5.74, 6) is -1.01. The van der Waals surface area contributed by atoms with Crippen LogP contribution in [-0.2, 0) is 26.0 Å². The first-order chi connectivity index (χ1) is 14.0. The molecule has 2 aromatic carbocycles. The minimum Gasteiger partial charge on any atom is -0.464 e. The molecule has 3 rings (SSSR count). The summed E-state index contributed by atoms with van der Waals surface area (Å²) in [4.78, 5) is 12.6. The van der Waals surface area contributed by atoms with Crippen molar-refractivity contribution in [1.82, 2.24) is 4.31 Å². The molecule has 1 aliphatic rings. The standard InChI is InChI=1S/C22H26FNO4S/c23-19-12-14-20(15-13-19)29(26,27)24-16-6-4-11-21(24)22(25)28-17-7-5-10-18-8-2-1-3-9-18/h1-3,8-9,12-15,21H,4-7,10-11,16-17H2. The van der Waals surface area contributed by atoms with Crippen molar-refractivity contribution in [2.24, 2.45) is 0 Å². The van der Waals surface area contributed by atoms with Gasteiger partial charge < -0.3 is 4.74 Å². The Balaban J connectivity index is 1.55. The Hall–Kier alpha value is -2.25. The van der Waals surface area contributed by atoms with E-state index < -0.39 is 27.9 Å². The first-order valence-electron chi connectivity index (χ1n) is 9.96. The van der Waals surface area contributed by atoms with E-state index in [0.717, 1.165) is 37.8 Å². The Morgan fingerprint density at radius 3 is 2.48 bits per heavy atom. The van der Waals surface area contributed by atoms with Crippen molar-refractivity contribution in [3.05, 3.63) is 66.0 Å². The van der Waals surface area contributed by atoms with Crippen molar-refractivity contribution >= 4 is 16.0 Å². The molecule has 1 fully saturated rings. The van der Waals surface area contributed by atoms with Gasteiger partial charge in [0.15, 0.2) is 0 Å². The molecule has 0 saturated carbocycles. The third kappa shape index (κ3) is 5.64. The molecule has 1 atom stereocenters. The molecular formula is C22H26FNO4S. The van der Waals surface area contributed by atoms with Gasteiger partial charge in [0.25, 0.3) is 0 Å². The summed E-state index contributed by atoms with van der Waals surface area (Å²) >= 11 is 0. The molecule has 0 amide bonds. The zero-order chi connectivity index (χ0) is 20.7. The quantitative estimate of drug-likeness (QED) is 0.480. The van der Waals surface area contributed by atoms with Crippen molar-refractivity contribution in [1.29, 1.82) is 0 Å². The van der Waals surface area contributed by atoms with Crippen LogP contribution < -0.4 is 0 Å². The lowest BCUT2D eigenvalue weighted by Gasteiger charge is -2.33. The van der Waals surface area contributed by atoms with Crippen LogP contribution in [0.15, 0.2) is 59.5 Å². The van der Waals surface area contributed by atoms with E-state index in [9.17, 15) is 17.6 Å². The highest BCUT2D eigenvalue weighted by Gasteiger charge is 2.38. The van der Waals surface area contributed by atoms with Crippen molar-refractivity contribution in [2.45, 2.75) is 49.5 Å². The molecule has 2 aromatic rings. The normalized spacial score (nSPS) is 17.8. The van der Waals surface area contributed by atoms with E-state index in [-0.39, 0.29) is 18.0 Å². The van der Waals surface area contributed by atoms with E-state index in [0.29, 0.717) is 12.8 Å². The van der Waals surface area contributed by atoms with Crippen LogP contribution >= 0.6 is 0 Å². The van der Waals surface area contributed by atoms with E-state index >= 15 is 0 Å². The second kappa shape index (κ2) is 9.98. The van der Waals surface area contributed by atoms with Gasteiger partial charge in [-0.1, -0.05) is 30.3 Å². The Morgan fingerprint density at radius 1 is 1.03 bits per heavy atom. The second-order valence-corrected chi connectivity index (χ2v) is 9.08. The summed E-state index contributed by atoms with van der Waals surface area (Å²) in [6.07, 6.45) is 4.40. The third-order valence-corrected chi connectivity index (χ3v) is 7.02. The fourth-order valence-corrected chi connectivity index (χ4v) is 5.16. The maximum Gasteiger partial charge on any atom is 0.324 e. The van der Waals surface area contributed by atoms with Crippen LogP contribution in [0, 0.1) is 5.82 Å². The predicted molar refractivity (Wildman–Crippen MR) is 108 cm³/mol. The monoisotopic (exact) mass is 419 g/mol. The van der Waals surface area contributed by atoms with Crippen LogP contribution in [0.2, 0.25) is 0 Å². The zero-order valence-corrected chi connectivity index (χ0v) is 17.1. The van der Waals surface area contributed by atoms with Gasteiger partial charge in [-0.25, -0.2) is 12.8 Å². The molecule has 0 radical (unpaired) electrons. The number of benzene rings is 2. The molecule has 0 spiro atoms. The highest BCUT2D eigenvalue weighted by Crippen LogP contribution is 2.26. The molecule has 7 heteroatoms. The van der Waals surface area contributed by atoms with Crippen LogP contribution in [0.1, 0.15) is 37.7 Å². The number of rotatable bonds is 8. The number of hydrogen-bond donors (Lipinski definition) is 0. The van der Waals surface area contributed by atoms with Gasteiger partial charge in [0, 0.05) is 6.54 Å². The van der Waals surface area contributed by atoms with Crippen LogP contribution in [0.3, 0.4) is 0 Å². The minimum atomic E-state index is -3.88. The average Bonchev–Trinajstić information content (AvgIpc) is 2.74. The van der Waals surface area contributed by atoms with Crippen molar-refractivity contribution in [2.75, 3.05) is 13.2 Å². The maximum atomic E-state index is 13.1. The van der Waals surface area contributed by atoms with Gasteiger partial charge in [-0.3, -0.25) is 4.79 Å². The summed E-state index contributed by atoms with van der Waals surface area (Å²) in [7, 11) is -3.88. The lowest BCUT2D eigenvalue weighted by molar-refractivity contribution is -0.149. The third-order valence-electron chi connectivity index (χ3n) is 5.09. The molecule has 29 heavy (non-hydrogen) atoms. The smallest absolute Gasteiger partial charge is 0.324 e. The number of sulfonamides is 1. The average molecular weight is 420 g/mol. The SMILES string of the molecule is O=C(OCCCCc1ccccc1)C1CCCCN1S(=O)(=O)c1ccc(F)cc1. The Bertz CT molecular complexity index is 900. The molecular weight excluding hydrogens is 393 g/mol. The van der Waals surface area contributed by atoms with Crippen LogP contribution in [0.5, 0.6) is 0 Å². The van der Waals surface area contributed by atoms with Crippen molar-refractivity contribution in [3.8, 4) is 0 Å². The molecule has 0 bridgehead atoms. The summed E-state index contributed by atoms with van der Waals surface area (Å²) in [5, 5.41) is 0. The number of carbonyl (C=O) groups is 1. The fraction of sp³-hybridized carbons (Fsp3) is 0.409. The molecule has 1 heterocycles. The van der Waals surface area contributed by atoms with E-state index in [1.54, 1.807) is 0 Å².